The van der Waals surface area contributed by atoms with Gasteiger partial charge in [-0.05, 0) is 25.0 Å². The molecule has 5 heteroatoms. The summed E-state index contributed by atoms with van der Waals surface area (Å²) in [6.45, 7) is 1.40. The molecule has 4 nitrogen and oxygen atoms in total. The highest BCUT2D eigenvalue weighted by atomic mass is 19.1. The van der Waals surface area contributed by atoms with Crippen LogP contribution in [0.2, 0.25) is 0 Å². The molecule has 98 valence electrons. The Morgan fingerprint density at radius 1 is 1.32 bits per heavy atom. The minimum atomic E-state index is -0.412. The quantitative estimate of drug-likeness (QED) is 0.856. The maximum Gasteiger partial charge on any atom is 0.258 e. The summed E-state index contributed by atoms with van der Waals surface area (Å²) in [5.74, 6) is -0.782. The fourth-order valence-electron chi connectivity index (χ4n) is 2.46. The SMILES string of the molecule is O=C(c1c(O)cnc2cc(F)ccc12)N1CCCC1. The van der Waals surface area contributed by atoms with Crippen molar-refractivity contribution in [3.05, 3.63) is 35.8 Å². The van der Waals surface area contributed by atoms with Crippen molar-refractivity contribution in [2.45, 2.75) is 12.8 Å². The molecule has 1 N–H and O–H groups in total. The molecule has 1 aromatic heterocycles. The number of rotatable bonds is 1. The molecule has 2 aromatic rings. The molecule has 0 aliphatic carbocycles. The zero-order valence-corrected chi connectivity index (χ0v) is 10.3. The number of pyridine rings is 1. The molecule has 3 rings (SSSR count). The van der Waals surface area contributed by atoms with Gasteiger partial charge in [0.05, 0.1) is 17.3 Å². The van der Waals surface area contributed by atoms with Gasteiger partial charge in [0.2, 0.25) is 0 Å². The van der Waals surface area contributed by atoms with Gasteiger partial charge in [0.15, 0.2) is 0 Å². The minimum Gasteiger partial charge on any atom is -0.505 e. The predicted octanol–water partition coefficient (Wildman–Crippen LogP) is 2.32. The van der Waals surface area contributed by atoms with Crippen molar-refractivity contribution >= 4 is 16.8 Å². The molecule has 1 aliphatic rings. The van der Waals surface area contributed by atoms with Crippen molar-refractivity contribution in [1.82, 2.24) is 9.88 Å². The summed E-state index contributed by atoms with van der Waals surface area (Å²) in [4.78, 5) is 18.1. The Morgan fingerprint density at radius 3 is 2.79 bits per heavy atom. The molecule has 0 spiro atoms. The van der Waals surface area contributed by atoms with E-state index in [1.54, 1.807) is 4.90 Å². The molecular formula is C14H13FN2O2. The first-order chi connectivity index (χ1) is 9.16. The number of halogens is 1. The van der Waals surface area contributed by atoms with E-state index in [0.29, 0.717) is 24.0 Å². The van der Waals surface area contributed by atoms with E-state index in [1.807, 2.05) is 0 Å². The second-order valence-electron chi connectivity index (χ2n) is 4.68. The number of nitrogens with zero attached hydrogens (tertiary/aromatic N) is 2. The summed E-state index contributed by atoms with van der Waals surface area (Å²) in [7, 11) is 0. The van der Waals surface area contributed by atoms with E-state index in [9.17, 15) is 14.3 Å². The molecule has 1 aromatic carbocycles. The highest BCUT2D eigenvalue weighted by Gasteiger charge is 2.24. The number of fused-ring (bicyclic) bond motifs is 1. The summed E-state index contributed by atoms with van der Waals surface area (Å²) in [5, 5.41) is 10.4. The average Bonchev–Trinajstić information content (AvgIpc) is 2.92. The number of amides is 1. The van der Waals surface area contributed by atoms with Crippen molar-refractivity contribution in [1.29, 1.82) is 0 Å². The molecule has 0 atom stereocenters. The third-order valence-corrected chi connectivity index (χ3v) is 3.42. The minimum absolute atomic E-state index is 0.156. The lowest BCUT2D eigenvalue weighted by Crippen LogP contribution is -2.27. The standard InChI is InChI=1S/C14H13FN2O2/c15-9-3-4-10-11(7-9)16-8-12(18)13(10)14(19)17-5-1-2-6-17/h3-4,7-8,18H,1-2,5-6H2. The first-order valence-electron chi connectivity index (χ1n) is 6.23. The molecule has 0 saturated carbocycles. The number of benzene rings is 1. The lowest BCUT2D eigenvalue weighted by Gasteiger charge is -2.17. The van der Waals surface area contributed by atoms with Gasteiger partial charge < -0.3 is 10.0 Å². The Hall–Kier alpha value is -2.17. The zero-order valence-electron chi connectivity index (χ0n) is 10.3. The fourth-order valence-corrected chi connectivity index (χ4v) is 2.46. The lowest BCUT2D eigenvalue weighted by atomic mass is 10.1. The van der Waals surface area contributed by atoms with Crippen LogP contribution in [0.5, 0.6) is 5.75 Å². The zero-order chi connectivity index (χ0) is 13.4. The Labute approximate surface area is 109 Å². The summed E-state index contributed by atoms with van der Waals surface area (Å²) in [6.07, 6.45) is 3.15. The van der Waals surface area contributed by atoms with Crippen LogP contribution in [0.4, 0.5) is 4.39 Å². The van der Waals surface area contributed by atoms with E-state index < -0.39 is 5.82 Å². The van der Waals surface area contributed by atoms with Gasteiger partial charge in [0, 0.05) is 24.5 Å². The normalized spacial score (nSPS) is 15.1. The number of hydrogen-bond acceptors (Lipinski definition) is 3. The molecule has 0 bridgehead atoms. The molecule has 0 unspecified atom stereocenters. The predicted molar refractivity (Wildman–Crippen MR) is 68.5 cm³/mol. The van der Waals surface area contributed by atoms with Crippen molar-refractivity contribution < 1.29 is 14.3 Å². The molecule has 2 heterocycles. The van der Waals surface area contributed by atoms with Gasteiger partial charge in [-0.2, -0.15) is 0 Å². The first-order valence-corrected chi connectivity index (χ1v) is 6.23. The number of carbonyl (C=O) groups is 1. The van der Waals surface area contributed by atoms with Crippen LogP contribution < -0.4 is 0 Å². The second kappa shape index (κ2) is 4.50. The van der Waals surface area contributed by atoms with E-state index >= 15 is 0 Å². The Kier molecular flexibility index (Phi) is 2.81. The summed E-state index contributed by atoms with van der Waals surface area (Å²) in [6, 6.07) is 4.01. The van der Waals surface area contributed by atoms with E-state index in [2.05, 4.69) is 4.98 Å². The maximum absolute atomic E-state index is 13.2. The summed E-state index contributed by atoms with van der Waals surface area (Å²) >= 11 is 0. The van der Waals surface area contributed by atoms with Crippen molar-refractivity contribution in [2.75, 3.05) is 13.1 Å². The first kappa shape index (κ1) is 11.9. The van der Waals surface area contributed by atoms with Crippen LogP contribution in [-0.4, -0.2) is 34.0 Å². The fraction of sp³-hybridized carbons (Fsp3) is 0.286. The van der Waals surface area contributed by atoms with Crippen LogP contribution in [-0.2, 0) is 0 Å². The molecular weight excluding hydrogens is 247 g/mol. The van der Waals surface area contributed by atoms with E-state index in [0.717, 1.165) is 12.8 Å². The largest absolute Gasteiger partial charge is 0.505 e. The molecule has 1 aliphatic heterocycles. The van der Waals surface area contributed by atoms with Crippen LogP contribution in [0, 0.1) is 5.82 Å². The summed E-state index contributed by atoms with van der Waals surface area (Å²) < 4.78 is 13.2. The number of likely N-dealkylation sites (tertiary alicyclic amines) is 1. The van der Waals surface area contributed by atoms with Gasteiger partial charge in [-0.1, -0.05) is 0 Å². The topological polar surface area (TPSA) is 53.4 Å². The number of aromatic hydroxyl groups is 1. The maximum atomic E-state index is 13.2. The molecule has 0 radical (unpaired) electrons. The van der Waals surface area contributed by atoms with Crippen molar-refractivity contribution in [3.8, 4) is 5.75 Å². The van der Waals surface area contributed by atoms with Gasteiger partial charge in [0.25, 0.3) is 5.91 Å². The van der Waals surface area contributed by atoms with Gasteiger partial charge in [-0.15, -0.1) is 0 Å². The third-order valence-electron chi connectivity index (χ3n) is 3.42. The number of hydrogen-bond donors (Lipinski definition) is 1. The number of aromatic nitrogens is 1. The Morgan fingerprint density at radius 2 is 2.05 bits per heavy atom. The van der Waals surface area contributed by atoms with E-state index in [1.165, 1.54) is 24.4 Å². The molecule has 1 fully saturated rings. The van der Waals surface area contributed by atoms with Gasteiger partial charge in [-0.25, -0.2) is 4.39 Å². The van der Waals surface area contributed by atoms with Crippen LogP contribution in [0.15, 0.2) is 24.4 Å². The van der Waals surface area contributed by atoms with E-state index in [4.69, 9.17) is 0 Å². The second-order valence-corrected chi connectivity index (χ2v) is 4.68. The highest BCUT2D eigenvalue weighted by molar-refractivity contribution is 6.08. The van der Waals surface area contributed by atoms with Crippen LogP contribution in [0.25, 0.3) is 10.9 Å². The van der Waals surface area contributed by atoms with Gasteiger partial charge in [-0.3, -0.25) is 9.78 Å². The smallest absolute Gasteiger partial charge is 0.258 e. The van der Waals surface area contributed by atoms with Crippen molar-refractivity contribution in [3.63, 3.8) is 0 Å². The summed E-state index contributed by atoms with van der Waals surface area (Å²) in [5.41, 5.74) is 0.590. The van der Waals surface area contributed by atoms with Crippen LogP contribution >= 0.6 is 0 Å². The lowest BCUT2D eigenvalue weighted by molar-refractivity contribution is 0.0792. The monoisotopic (exact) mass is 260 g/mol. The highest BCUT2D eigenvalue weighted by Crippen LogP contribution is 2.28. The Balaban J connectivity index is 2.15. The molecule has 1 amide bonds. The van der Waals surface area contributed by atoms with Crippen LogP contribution in [0.1, 0.15) is 23.2 Å². The molecule has 19 heavy (non-hydrogen) atoms. The van der Waals surface area contributed by atoms with Gasteiger partial charge in [0.1, 0.15) is 11.6 Å². The third kappa shape index (κ3) is 2.01. The van der Waals surface area contributed by atoms with Crippen LogP contribution in [0.3, 0.4) is 0 Å². The van der Waals surface area contributed by atoms with E-state index in [-0.39, 0.29) is 17.2 Å². The molecule has 1 saturated heterocycles. The Bertz CT molecular complexity index is 651. The average molecular weight is 260 g/mol. The van der Waals surface area contributed by atoms with Gasteiger partial charge >= 0.3 is 0 Å². The number of carbonyl (C=O) groups excluding carboxylic acids is 1. The van der Waals surface area contributed by atoms with Crippen molar-refractivity contribution in [2.24, 2.45) is 0 Å².